The molecule has 2 aromatic heterocycles. The van der Waals surface area contributed by atoms with Gasteiger partial charge in [0.05, 0.1) is 17.2 Å². The van der Waals surface area contributed by atoms with E-state index in [2.05, 4.69) is 26.2 Å². The molecule has 0 unspecified atom stereocenters. The monoisotopic (exact) mass is 376 g/mol. The lowest BCUT2D eigenvalue weighted by Crippen LogP contribution is -2.22. The molecule has 1 aliphatic carbocycles. The van der Waals surface area contributed by atoms with E-state index in [9.17, 15) is 4.79 Å². The summed E-state index contributed by atoms with van der Waals surface area (Å²) in [5, 5.41) is 6.98. The third-order valence-corrected chi connectivity index (χ3v) is 5.18. The molecule has 0 saturated heterocycles. The van der Waals surface area contributed by atoms with Crippen molar-refractivity contribution in [2.75, 3.05) is 0 Å². The van der Waals surface area contributed by atoms with Gasteiger partial charge in [0.1, 0.15) is 5.58 Å². The van der Waals surface area contributed by atoms with Crippen LogP contribution in [0.1, 0.15) is 40.0 Å². The van der Waals surface area contributed by atoms with Crippen molar-refractivity contribution in [1.82, 2.24) is 10.3 Å². The van der Waals surface area contributed by atoms with E-state index < -0.39 is 0 Å². The van der Waals surface area contributed by atoms with Crippen molar-refractivity contribution < 1.29 is 9.21 Å². The molecule has 0 bridgehead atoms. The zero-order chi connectivity index (χ0) is 15.1. The van der Waals surface area contributed by atoms with Gasteiger partial charge in [0.25, 0.3) is 5.91 Å². The maximum Gasteiger partial charge on any atom is 0.287 e. The standard InChI is InChI=1S/C16H13BrN2O2S/c17-11-3-4-13-10(5-11)6-14(21-13)15(20)18-7-12-8-22-16(19-12)9-1-2-9/h3-6,8-9H,1-2,7H2,(H,18,20). The minimum Gasteiger partial charge on any atom is -0.451 e. The van der Waals surface area contributed by atoms with E-state index in [4.69, 9.17) is 4.42 Å². The number of nitrogens with one attached hydrogen (secondary N) is 1. The summed E-state index contributed by atoms with van der Waals surface area (Å²) in [6.45, 7) is 0.433. The third kappa shape index (κ3) is 2.80. The minimum absolute atomic E-state index is 0.215. The van der Waals surface area contributed by atoms with Gasteiger partial charge in [0.2, 0.25) is 0 Å². The summed E-state index contributed by atoms with van der Waals surface area (Å²) < 4.78 is 6.54. The molecule has 1 saturated carbocycles. The van der Waals surface area contributed by atoms with Crippen molar-refractivity contribution in [3.05, 3.63) is 50.6 Å². The van der Waals surface area contributed by atoms with Crippen LogP contribution >= 0.6 is 27.3 Å². The van der Waals surface area contributed by atoms with E-state index in [0.29, 0.717) is 23.8 Å². The normalized spacial score (nSPS) is 14.4. The number of carbonyl (C=O) groups excluding carboxylic acids is 1. The van der Waals surface area contributed by atoms with Crippen LogP contribution in [0.5, 0.6) is 0 Å². The van der Waals surface area contributed by atoms with Crippen LogP contribution in [0.15, 0.2) is 38.5 Å². The molecule has 1 aliphatic rings. The number of thiazole rings is 1. The smallest absolute Gasteiger partial charge is 0.287 e. The molecule has 6 heteroatoms. The molecule has 112 valence electrons. The van der Waals surface area contributed by atoms with E-state index >= 15 is 0 Å². The van der Waals surface area contributed by atoms with Gasteiger partial charge in [-0.05, 0) is 37.1 Å². The Morgan fingerprint density at radius 3 is 3.09 bits per heavy atom. The van der Waals surface area contributed by atoms with Gasteiger partial charge in [-0.2, -0.15) is 0 Å². The van der Waals surface area contributed by atoms with E-state index in [1.807, 2.05) is 23.6 Å². The maximum absolute atomic E-state index is 12.2. The van der Waals surface area contributed by atoms with Crippen LogP contribution in [0.4, 0.5) is 0 Å². The Bertz CT molecular complexity index is 851. The fourth-order valence-corrected chi connectivity index (χ4v) is 3.68. The topological polar surface area (TPSA) is 55.1 Å². The lowest BCUT2D eigenvalue weighted by Gasteiger charge is -1.99. The highest BCUT2D eigenvalue weighted by Crippen LogP contribution is 2.41. The number of rotatable bonds is 4. The number of aromatic nitrogens is 1. The predicted octanol–water partition coefficient (Wildman–Crippen LogP) is 4.46. The molecular weight excluding hydrogens is 364 g/mol. The number of benzene rings is 1. The van der Waals surface area contributed by atoms with E-state index in [0.717, 1.165) is 15.6 Å². The molecule has 4 rings (SSSR count). The minimum atomic E-state index is -0.215. The van der Waals surface area contributed by atoms with Crippen LogP contribution in [-0.4, -0.2) is 10.9 Å². The number of furan rings is 1. The average molecular weight is 377 g/mol. The van der Waals surface area contributed by atoms with Crippen LogP contribution < -0.4 is 5.32 Å². The first-order valence-electron chi connectivity index (χ1n) is 7.10. The second-order valence-electron chi connectivity index (χ2n) is 5.43. The quantitative estimate of drug-likeness (QED) is 0.731. The van der Waals surface area contributed by atoms with Crippen molar-refractivity contribution in [2.24, 2.45) is 0 Å². The molecule has 4 nitrogen and oxygen atoms in total. The number of carbonyl (C=O) groups is 1. The Balaban J connectivity index is 1.45. The van der Waals surface area contributed by atoms with Crippen molar-refractivity contribution in [3.8, 4) is 0 Å². The summed E-state index contributed by atoms with van der Waals surface area (Å²) in [5.41, 5.74) is 1.62. The molecule has 3 aromatic rings. The van der Waals surface area contributed by atoms with Gasteiger partial charge in [-0.1, -0.05) is 15.9 Å². The highest BCUT2D eigenvalue weighted by atomic mass is 79.9. The SMILES string of the molecule is O=C(NCc1csc(C2CC2)n1)c1cc2cc(Br)ccc2o1. The Kier molecular flexibility index (Phi) is 3.50. The van der Waals surface area contributed by atoms with Crippen molar-refractivity contribution in [3.63, 3.8) is 0 Å². The average Bonchev–Trinajstić information content (AvgIpc) is 3.10. The lowest BCUT2D eigenvalue weighted by molar-refractivity contribution is 0.0925. The molecule has 2 heterocycles. The van der Waals surface area contributed by atoms with Crippen LogP contribution in [-0.2, 0) is 6.54 Å². The Labute approximate surface area is 139 Å². The number of amides is 1. The van der Waals surface area contributed by atoms with Crippen molar-refractivity contribution in [2.45, 2.75) is 25.3 Å². The number of fused-ring (bicyclic) bond motifs is 1. The van der Waals surface area contributed by atoms with Gasteiger partial charge in [-0.15, -0.1) is 11.3 Å². The van der Waals surface area contributed by atoms with Gasteiger partial charge in [-0.25, -0.2) is 4.98 Å². The summed E-state index contributed by atoms with van der Waals surface area (Å²) in [7, 11) is 0. The molecular formula is C16H13BrN2O2S. The largest absolute Gasteiger partial charge is 0.451 e. The highest BCUT2D eigenvalue weighted by molar-refractivity contribution is 9.10. The summed E-state index contributed by atoms with van der Waals surface area (Å²) in [6.07, 6.45) is 2.49. The van der Waals surface area contributed by atoms with Crippen LogP contribution in [0, 0.1) is 0 Å². The third-order valence-electron chi connectivity index (χ3n) is 3.63. The molecule has 1 N–H and O–H groups in total. The van der Waals surface area contributed by atoms with Gasteiger partial charge in [0.15, 0.2) is 5.76 Å². The zero-order valence-electron chi connectivity index (χ0n) is 11.6. The summed E-state index contributed by atoms with van der Waals surface area (Å²) in [4.78, 5) is 16.7. The molecule has 0 atom stereocenters. The second-order valence-corrected chi connectivity index (χ2v) is 7.23. The van der Waals surface area contributed by atoms with Crippen LogP contribution in [0.25, 0.3) is 11.0 Å². The predicted molar refractivity (Wildman–Crippen MR) is 89.2 cm³/mol. The first-order chi connectivity index (χ1) is 10.7. The number of halogens is 1. The molecule has 22 heavy (non-hydrogen) atoms. The fraction of sp³-hybridized carbons (Fsp3) is 0.250. The van der Waals surface area contributed by atoms with Crippen molar-refractivity contribution >= 4 is 44.1 Å². The van der Waals surface area contributed by atoms with Gasteiger partial charge in [0, 0.05) is 21.2 Å². The maximum atomic E-state index is 12.2. The zero-order valence-corrected chi connectivity index (χ0v) is 14.0. The number of hydrogen-bond acceptors (Lipinski definition) is 4. The number of nitrogens with zero attached hydrogens (tertiary/aromatic N) is 1. The summed E-state index contributed by atoms with van der Waals surface area (Å²) in [6, 6.07) is 7.42. The highest BCUT2D eigenvalue weighted by Gasteiger charge is 2.26. The Morgan fingerprint density at radius 2 is 2.27 bits per heavy atom. The first kappa shape index (κ1) is 14.0. The fourth-order valence-electron chi connectivity index (χ4n) is 2.31. The second kappa shape index (κ2) is 5.52. The van der Waals surface area contributed by atoms with E-state index in [1.165, 1.54) is 17.8 Å². The van der Waals surface area contributed by atoms with Gasteiger partial charge < -0.3 is 9.73 Å². The Hall–Kier alpha value is -1.66. The van der Waals surface area contributed by atoms with Gasteiger partial charge >= 0.3 is 0 Å². The van der Waals surface area contributed by atoms with E-state index in [-0.39, 0.29) is 5.91 Å². The van der Waals surface area contributed by atoms with Gasteiger partial charge in [-0.3, -0.25) is 4.79 Å². The molecule has 0 radical (unpaired) electrons. The molecule has 1 amide bonds. The molecule has 0 aliphatic heterocycles. The number of hydrogen-bond donors (Lipinski definition) is 1. The first-order valence-corrected chi connectivity index (χ1v) is 8.78. The summed E-state index contributed by atoms with van der Waals surface area (Å²) in [5.74, 6) is 0.766. The lowest BCUT2D eigenvalue weighted by atomic mass is 10.2. The summed E-state index contributed by atoms with van der Waals surface area (Å²) >= 11 is 5.09. The van der Waals surface area contributed by atoms with Crippen LogP contribution in [0.3, 0.4) is 0 Å². The van der Waals surface area contributed by atoms with Crippen molar-refractivity contribution in [1.29, 1.82) is 0 Å². The molecule has 1 fully saturated rings. The van der Waals surface area contributed by atoms with Crippen LogP contribution in [0.2, 0.25) is 0 Å². The molecule has 1 aromatic carbocycles. The van der Waals surface area contributed by atoms with E-state index in [1.54, 1.807) is 17.4 Å². The molecule has 0 spiro atoms. The Morgan fingerprint density at radius 1 is 1.41 bits per heavy atom.